The maximum absolute atomic E-state index is 12.8. The number of nitrogens with one attached hydrogen (secondary N) is 1. The number of anilines is 1. The molecule has 3 aromatic carbocycles. The molecular formula is C29H36N2O3. The Labute approximate surface area is 203 Å². The number of carbonyl (C=O) groups excluding carboxylic acids is 1. The molecule has 0 aliphatic rings. The minimum absolute atomic E-state index is 0.0491. The molecule has 0 saturated carbocycles. The highest BCUT2D eigenvalue weighted by atomic mass is 16.5. The van der Waals surface area contributed by atoms with Crippen LogP contribution in [0.2, 0.25) is 0 Å². The number of carbonyl (C=O) groups is 1. The number of ether oxygens (including phenoxy) is 2. The van der Waals surface area contributed by atoms with Crippen LogP contribution in [0.25, 0.3) is 11.1 Å². The van der Waals surface area contributed by atoms with Crippen molar-refractivity contribution in [1.29, 1.82) is 0 Å². The fourth-order valence-corrected chi connectivity index (χ4v) is 4.14. The summed E-state index contributed by atoms with van der Waals surface area (Å²) in [6.45, 7) is 12.3. The normalized spacial score (nSPS) is 11.5. The molecule has 0 spiro atoms. The molecule has 1 amide bonds. The predicted octanol–water partition coefficient (Wildman–Crippen LogP) is 6.50. The van der Waals surface area contributed by atoms with Crippen LogP contribution >= 0.6 is 0 Å². The molecule has 180 valence electrons. The zero-order valence-corrected chi connectivity index (χ0v) is 21.1. The van der Waals surface area contributed by atoms with Crippen LogP contribution in [0.4, 0.5) is 5.69 Å². The van der Waals surface area contributed by atoms with Crippen molar-refractivity contribution in [3.63, 3.8) is 0 Å². The van der Waals surface area contributed by atoms with E-state index in [4.69, 9.17) is 9.47 Å². The van der Waals surface area contributed by atoms with Gasteiger partial charge in [0.1, 0.15) is 6.61 Å². The standard InChI is InChI=1S/C29H36N2O3/c1-21(2)31(29(3,4)5)18-19-34-27-20-25(16-17-26(27)33-6)30-28(32)24-14-12-23(13-15-24)22-10-8-7-9-11-22/h7-17,20-21H,18-19H2,1-6H3,(H,30,32). The lowest BCUT2D eigenvalue weighted by Gasteiger charge is -2.38. The van der Waals surface area contributed by atoms with Gasteiger partial charge < -0.3 is 14.8 Å². The van der Waals surface area contributed by atoms with Gasteiger partial charge in [0.2, 0.25) is 0 Å². The molecule has 0 aliphatic heterocycles. The van der Waals surface area contributed by atoms with E-state index >= 15 is 0 Å². The van der Waals surface area contributed by atoms with E-state index in [1.807, 2.05) is 60.7 Å². The van der Waals surface area contributed by atoms with Gasteiger partial charge in [0.05, 0.1) is 7.11 Å². The van der Waals surface area contributed by atoms with Crippen LogP contribution < -0.4 is 14.8 Å². The molecule has 0 aliphatic carbocycles. The topological polar surface area (TPSA) is 50.8 Å². The van der Waals surface area contributed by atoms with Crippen LogP contribution in [0.1, 0.15) is 45.0 Å². The second kappa shape index (κ2) is 11.2. The SMILES string of the molecule is COc1ccc(NC(=O)c2ccc(-c3ccccc3)cc2)cc1OCCN(C(C)C)C(C)(C)C. The van der Waals surface area contributed by atoms with Crippen LogP contribution in [0.15, 0.2) is 72.8 Å². The molecule has 1 N–H and O–H groups in total. The summed E-state index contributed by atoms with van der Waals surface area (Å²) in [7, 11) is 1.62. The van der Waals surface area contributed by atoms with Gasteiger partial charge in [-0.2, -0.15) is 0 Å². The van der Waals surface area contributed by atoms with Crippen LogP contribution in [-0.4, -0.2) is 42.6 Å². The Hall–Kier alpha value is -3.31. The van der Waals surface area contributed by atoms with Crippen LogP contribution in [0.3, 0.4) is 0 Å². The summed E-state index contributed by atoms with van der Waals surface area (Å²) in [6.07, 6.45) is 0. The second-order valence-electron chi connectivity index (χ2n) is 9.57. The van der Waals surface area contributed by atoms with Crippen molar-refractivity contribution in [3.8, 4) is 22.6 Å². The Morgan fingerprint density at radius 1 is 0.912 bits per heavy atom. The largest absolute Gasteiger partial charge is 0.493 e. The Balaban J connectivity index is 1.67. The molecule has 5 nitrogen and oxygen atoms in total. The molecule has 0 radical (unpaired) electrons. The zero-order valence-electron chi connectivity index (χ0n) is 21.1. The molecular weight excluding hydrogens is 424 g/mol. The lowest BCUT2D eigenvalue weighted by atomic mass is 10.0. The predicted molar refractivity (Wildman–Crippen MR) is 140 cm³/mol. The molecule has 3 rings (SSSR count). The first-order chi connectivity index (χ1) is 16.2. The van der Waals surface area contributed by atoms with Crippen molar-refractivity contribution in [2.24, 2.45) is 0 Å². The number of hydrogen-bond donors (Lipinski definition) is 1. The number of nitrogens with zero attached hydrogens (tertiary/aromatic N) is 1. The zero-order chi connectivity index (χ0) is 24.7. The van der Waals surface area contributed by atoms with E-state index in [1.54, 1.807) is 7.11 Å². The van der Waals surface area contributed by atoms with Gasteiger partial charge in [-0.05, 0) is 70.0 Å². The van der Waals surface area contributed by atoms with Crippen molar-refractivity contribution < 1.29 is 14.3 Å². The van der Waals surface area contributed by atoms with Crippen LogP contribution in [0, 0.1) is 0 Å². The number of rotatable bonds is 9. The van der Waals surface area contributed by atoms with E-state index in [9.17, 15) is 4.79 Å². The van der Waals surface area contributed by atoms with E-state index in [-0.39, 0.29) is 11.4 Å². The van der Waals surface area contributed by atoms with Crippen LogP contribution in [0.5, 0.6) is 11.5 Å². The molecule has 0 saturated heterocycles. The minimum atomic E-state index is -0.172. The number of methoxy groups -OCH3 is 1. The smallest absolute Gasteiger partial charge is 0.255 e. The first-order valence-corrected chi connectivity index (χ1v) is 11.7. The van der Waals surface area contributed by atoms with Crippen molar-refractivity contribution in [2.75, 3.05) is 25.6 Å². The second-order valence-corrected chi connectivity index (χ2v) is 9.57. The highest BCUT2D eigenvalue weighted by molar-refractivity contribution is 6.04. The van der Waals surface area contributed by atoms with Crippen molar-refractivity contribution in [2.45, 2.75) is 46.2 Å². The number of amides is 1. The molecule has 0 bridgehead atoms. The molecule has 0 unspecified atom stereocenters. The first kappa shape index (κ1) is 25.3. The highest BCUT2D eigenvalue weighted by Gasteiger charge is 2.23. The third-order valence-electron chi connectivity index (χ3n) is 5.75. The van der Waals surface area contributed by atoms with Gasteiger partial charge in [0, 0.05) is 35.4 Å². The van der Waals surface area contributed by atoms with Gasteiger partial charge in [-0.1, -0.05) is 42.5 Å². The summed E-state index contributed by atoms with van der Waals surface area (Å²) in [6, 6.07) is 23.5. The Morgan fingerprint density at radius 2 is 1.56 bits per heavy atom. The molecule has 5 heteroatoms. The fraction of sp³-hybridized carbons (Fsp3) is 0.345. The molecule has 0 atom stereocenters. The van der Waals surface area contributed by atoms with E-state index in [0.29, 0.717) is 35.4 Å². The van der Waals surface area contributed by atoms with Gasteiger partial charge in [-0.25, -0.2) is 0 Å². The van der Waals surface area contributed by atoms with E-state index in [0.717, 1.165) is 17.7 Å². The quantitative estimate of drug-likeness (QED) is 0.396. The Bertz CT molecular complexity index is 1070. The third-order valence-corrected chi connectivity index (χ3v) is 5.75. The van der Waals surface area contributed by atoms with Gasteiger partial charge >= 0.3 is 0 Å². The fourth-order valence-electron chi connectivity index (χ4n) is 4.14. The third kappa shape index (κ3) is 6.61. The lowest BCUT2D eigenvalue weighted by molar-refractivity contribution is 0.0794. The van der Waals surface area contributed by atoms with Gasteiger partial charge in [-0.15, -0.1) is 0 Å². The summed E-state index contributed by atoms with van der Waals surface area (Å²) in [5, 5.41) is 2.97. The molecule has 0 heterocycles. The summed E-state index contributed by atoms with van der Waals surface area (Å²) in [5.41, 5.74) is 3.49. The average Bonchev–Trinajstić information content (AvgIpc) is 2.81. The monoisotopic (exact) mass is 460 g/mol. The van der Waals surface area contributed by atoms with E-state index in [1.165, 1.54) is 0 Å². The number of benzene rings is 3. The van der Waals surface area contributed by atoms with Gasteiger partial charge in [-0.3, -0.25) is 9.69 Å². The molecule has 3 aromatic rings. The molecule has 0 fully saturated rings. The summed E-state index contributed by atoms with van der Waals surface area (Å²) in [5.74, 6) is 1.07. The lowest BCUT2D eigenvalue weighted by Crippen LogP contribution is -2.47. The average molecular weight is 461 g/mol. The van der Waals surface area contributed by atoms with Crippen LogP contribution in [-0.2, 0) is 0 Å². The Morgan fingerprint density at radius 3 is 2.15 bits per heavy atom. The van der Waals surface area contributed by atoms with Crippen molar-refractivity contribution in [1.82, 2.24) is 4.90 Å². The first-order valence-electron chi connectivity index (χ1n) is 11.7. The summed E-state index contributed by atoms with van der Waals surface area (Å²) >= 11 is 0. The molecule has 34 heavy (non-hydrogen) atoms. The van der Waals surface area contributed by atoms with E-state index in [2.05, 4.69) is 57.0 Å². The van der Waals surface area contributed by atoms with Gasteiger partial charge in [0.15, 0.2) is 11.5 Å². The maximum atomic E-state index is 12.8. The molecule has 0 aromatic heterocycles. The maximum Gasteiger partial charge on any atom is 0.255 e. The minimum Gasteiger partial charge on any atom is -0.493 e. The Kier molecular flexibility index (Phi) is 8.35. The van der Waals surface area contributed by atoms with Crippen molar-refractivity contribution in [3.05, 3.63) is 78.4 Å². The van der Waals surface area contributed by atoms with Gasteiger partial charge in [0.25, 0.3) is 5.91 Å². The summed E-state index contributed by atoms with van der Waals surface area (Å²) < 4.78 is 11.5. The van der Waals surface area contributed by atoms with E-state index < -0.39 is 0 Å². The highest BCUT2D eigenvalue weighted by Crippen LogP contribution is 2.31. The van der Waals surface area contributed by atoms with Crippen molar-refractivity contribution >= 4 is 11.6 Å². The summed E-state index contributed by atoms with van der Waals surface area (Å²) in [4.78, 5) is 15.2. The number of hydrogen-bond acceptors (Lipinski definition) is 4.